The van der Waals surface area contributed by atoms with E-state index in [9.17, 15) is 0 Å². The SMILES string of the molecule is Cc1nccn1-c1nc(-c2cccc3[nH]ccc23)nc(N2CCOC[C@@H]2C)n1. The molecule has 8 nitrogen and oxygen atoms in total. The molecule has 1 N–H and O–H groups in total. The van der Waals surface area contributed by atoms with Gasteiger partial charge in [0, 0.05) is 41.6 Å². The summed E-state index contributed by atoms with van der Waals surface area (Å²) in [6, 6.07) is 8.35. The summed E-state index contributed by atoms with van der Waals surface area (Å²) in [6.07, 6.45) is 5.56. The van der Waals surface area contributed by atoms with Crippen molar-refractivity contribution in [2.75, 3.05) is 24.7 Å². The lowest BCUT2D eigenvalue weighted by Gasteiger charge is -2.33. The summed E-state index contributed by atoms with van der Waals surface area (Å²) in [5, 5.41) is 1.09. The second-order valence-corrected chi connectivity index (χ2v) is 6.97. The number of imidazole rings is 1. The van der Waals surface area contributed by atoms with Gasteiger partial charge in [0.05, 0.1) is 19.3 Å². The minimum Gasteiger partial charge on any atom is -0.377 e. The Morgan fingerprint density at radius 2 is 2.04 bits per heavy atom. The molecular formula is C20H21N7O. The highest BCUT2D eigenvalue weighted by atomic mass is 16.5. The van der Waals surface area contributed by atoms with Gasteiger partial charge in [0.25, 0.3) is 0 Å². The van der Waals surface area contributed by atoms with Gasteiger partial charge in [-0.25, -0.2) is 4.98 Å². The van der Waals surface area contributed by atoms with Crippen LogP contribution in [0.25, 0.3) is 28.2 Å². The number of nitrogens with zero attached hydrogens (tertiary/aromatic N) is 6. The molecule has 5 rings (SSSR count). The van der Waals surface area contributed by atoms with Gasteiger partial charge in [-0.1, -0.05) is 12.1 Å². The number of benzene rings is 1. The van der Waals surface area contributed by atoms with Crippen molar-refractivity contribution >= 4 is 16.9 Å². The van der Waals surface area contributed by atoms with Crippen LogP contribution in [0.15, 0.2) is 42.9 Å². The molecule has 0 unspecified atom stereocenters. The maximum Gasteiger partial charge on any atom is 0.240 e. The molecule has 0 saturated carbocycles. The molecule has 1 aliphatic heterocycles. The largest absolute Gasteiger partial charge is 0.377 e. The normalized spacial score (nSPS) is 17.4. The Bertz CT molecular complexity index is 1130. The first kappa shape index (κ1) is 16.9. The molecule has 28 heavy (non-hydrogen) atoms. The van der Waals surface area contributed by atoms with Crippen molar-refractivity contribution in [3.8, 4) is 17.3 Å². The minimum absolute atomic E-state index is 0.198. The molecule has 1 aromatic carbocycles. The van der Waals surface area contributed by atoms with Gasteiger partial charge < -0.3 is 14.6 Å². The van der Waals surface area contributed by atoms with E-state index in [0.29, 0.717) is 30.9 Å². The fourth-order valence-electron chi connectivity index (χ4n) is 3.60. The van der Waals surface area contributed by atoms with E-state index in [1.165, 1.54) is 0 Å². The topological polar surface area (TPSA) is 84.8 Å². The molecule has 0 spiro atoms. The Morgan fingerprint density at radius 3 is 2.86 bits per heavy atom. The van der Waals surface area contributed by atoms with Gasteiger partial charge in [-0.15, -0.1) is 0 Å². The first-order valence-corrected chi connectivity index (χ1v) is 9.38. The number of H-pyrrole nitrogens is 1. The first-order chi connectivity index (χ1) is 13.7. The van der Waals surface area contributed by atoms with Crippen LogP contribution >= 0.6 is 0 Å². The van der Waals surface area contributed by atoms with Crippen LogP contribution in [0.3, 0.4) is 0 Å². The second-order valence-electron chi connectivity index (χ2n) is 6.97. The quantitative estimate of drug-likeness (QED) is 0.593. The third-order valence-electron chi connectivity index (χ3n) is 5.11. The average molecular weight is 375 g/mol. The van der Waals surface area contributed by atoms with Crippen LogP contribution in [0.4, 0.5) is 5.95 Å². The summed E-state index contributed by atoms with van der Waals surface area (Å²) in [4.78, 5) is 24.2. The van der Waals surface area contributed by atoms with Gasteiger partial charge in [-0.3, -0.25) is 4.57 Å². The number of aryl methyl sites for hydroxylation is 1. The van der Waals surface area contributed by atoms with Crippen LogP contribution < -0.4 is 4.90 Å². The van der Waals surface area contributed by atoms with Gasteiger partial charge >= 0.3 is 0 Å². The van der Waals surface area contributed by atoms with Crippen molar-refractivity contribution in [3.05, 3.63) is 48.7 Å². The minimum atomic E-state index is 0.198. The van der Waals surface area contributed by atoms with Crippen LogP contribution in [0.5, 0.6) is 0 Å². The van der Waals surface area contributed by atoms with E-state index in [1.54, 1.807) is 6.20 Å². The number of hydrogen-bond donors (Lipinski definition) is 1. The van der Waals surface area contributed by atoms with Crippen molar-refractivity contribution in [3.63, 3.8) is 0 Å². The van der Waals surface area contributed by atoms with E-state index >= 15 is 0 Å². The Balaban J connectivity index is 1.71. The van der Waals surface area contributed by atoms with Crippen LogP contribution in [-0.2, 0) is 4.74 Å². The monoisotopic (exact) mass is 375 g/mol. The Labute approximate surface area is 162 Å². The lowest BCUT2D eigenvalue weighted by molar-refractivity contribution is 0.0980. The van der Waals surface area contributed by atoms with Gasteiger partial charge in [-0.05, 0) is 26.0 Å². The molecule has 1 aliphatic rings. The molecule has 4 aromatic rings. The summed E-state index contributed by atoms with van der Waals surface area (Å²) < 4.78 is 7.47. The van der Waals surface area contributed by atoms with E-state index in [1.807, 2.05) is 48.1 Å². The fourth-order valence-corrected chi connectivity index (χ4v) is 3.60. The van der Waals surface area contributed by atoms with Crippen LogP contribution in [0.1, 0.15) is 12.7 Å². The van der Waals surface area contributed by atoms with Crippen molar-refractivity contribution in [2.45, 2.75) is 19.9 Å². The number of ether oxygens (including phenoxy) is 1. The molecule has 4 heterocycles. The molecule has 1 fully saturated rings. The Hall–Kier alpha value is -3.26. The number of nitrogens with one attached hydrogen (secondary N) is 1. The number of aromatic nitrogens is 6. The molecule has 1 atom stereocenters. The smallest absolute Gasteiger partial charge is 0.240 e. The van der Waals surface area contributed by atoms with Crippen LogP contribution in [-0.4, -0.2) is 55.3 Å². The second kappa shape index (κ2) is 6.72. The van der Waals surface area contributed by atoms with E-state index in [4.69, 9.17) is 19.7 Å². The molecule has 3 aromatic heterocycles. The van der Waals surface area contributed by atoms with Crippen LogP contribution in [0, 0.1) is 6.92 Å². The predicted molar refractivity (Wildman–Crippen MR) is 107 cm³/mol. The van der Waals surface area contributed by atoms with Crippen molar-refractivity contribution in [2.24, 2.45) is 0 Å². The molecule has 1 saturated heterocycles. The number of hydrogen-bond acceptors (Lipinski definition) is 6. The molecule has 8 heteroatoms. The summed E-state index contributed by atoms with van der Waals surface area (Å²) in [5.41, 5.74) is 2.03. The number of anilines is 1. The van der Waals surface area contributed by atoms with E-state index < -0.39 is 0 Å². The van der Waals surface area contributed by atoms with E-state index in [0.717, 1.165) is 28.8 Å². The highest BCUT2D eigenvalue weighted by molar-refractivity contribution is 5.93. The zero-order chi connectivity index (χ0) is 19.1. The Kier molecular flexibility index (Phi) is 4.05. The molecule has 0 amide bonds. The maximum atomic E-state index is 5.58. The average Bonchev–Trinajstić information content (AvgIpc) is 3.36. The zero-order valence-corrected chi connectivity index (χ0v) is 15.8. The number of aromatic amines is 1. The lowest BCUT2D eigenvalue weighted by atomic mass is 10.1. The molecular weight excluding hydrogens is 354 g/mol. The van der Waals surface area contributed by atoms with Gasteiger partial charge in [0.15, 0.2) is 5.82 Å². The molecule has 0 aliphatic carbocycles. The summed E-state index contributed by atoms with van der Waals surface area (Å²) in [7, 11) is 0. The molecule has 142 valence electrons. The summed E-state index contributed by atoms with van der Waals surface area (Å²) in [6.45, 7) is 6.14. The standard InChI is InChI=1S/C20H21N7O/c1-13-12-28-11-10-26(13)19-23-18(16-4-3-5-17-15(16)6-7-22-17)24-20(25-19)27-9-8-21-14(27)2/h3-9,13,22H,10-12H2,1-2H3/t13-/m0/s1. The fraction of sp³-hybridized carbons (Fsp3) is 0.300. The van der Waals surface area contributed by atoms with Gasteiger partial charge in [-0.2, -0.15) is 15.0 Å². The summed E-state index contributed by atoms with van der Waals surface area (Å²) in [5.74, 6) is 2.72. The zero-order valence-electron chi connectivity index (χ0n) is 15.8. The van der Waals surface area contributed by atoms with Gasteiger partial charge in [0.1, 0.15) is 5.82 Å². The summed E-state index contributed by atoms with van der Waals surface area (Å²) >= 11 is 0. The maximum absolute atomic E-state index is 5.58. The highest BCUT2D eigenvalue weighted by Gasteiger charge is 2.24. The van der Waals surface area contributed by atoms with Crippen molar-refractivity contribution in [1.82, 2.24) is 29.5 Å². The van der Waals surface area contributed by atoms with Crippen LogP contribution in [0.2, 0.25) is 0 Å². The van der Waals surface area contributed by atoms with Crippen molar-refractivity contribution < 1.29 is 4.74 Å². The molecule has 0 bridgehead atoms. The van der Waals surface area contributed by atoms with Crippen molar-refractivity contribution in [1.29, 1.82) is 0 Å². The third-order valence-corrected chi connectivity index (χ3v) is 5.11. The van der Waals surface area contributed by atoms with E-state index in [-0.39, 0.29) is 6.04 Å². The van der Waals surface area contributed by atoms with E-state index in [2.05, 4.69) is 21.8 Å². The number of morpholine rings is 1. The lowest BCUT2D eigenvalue weighted by Crippen LogP contribution is -2.44. The third kappa shape index (κ3) is 2.82. The first-order valence-electron chi connectivity index (χ1n) is 9.38. The van der Waals surface area contributed by atoms with Gasteiger partial charge in [0.2, 0.25) is 11.9 Å². The highest BCUT2D eigenvalue weighted by Crippen LogP contribution is 2.28. The molecule has 0 radical (unpaired) electrons. The Morgan fingerprint density at radius 1 is 1.14 bits per heavy atom. The number of rotatable bonds is 3. The predicted octanol–water partition coefficient (Wildman–Crippen LogP) is 2.74. The number of fused-ring (bicyclic) bond motifs is 1.